The highest BCUT2D eigenvalue weighted by Crippen LogP contribution is 2.38. The highest BCUT2D eigenvalue weighted by molar-refractivity contribution is 6.33. The number of pyridine rings is 2. The van der Waals surface area contributed by atoms with Gasteiger partial charge in [-0.15, -0.1) is 0 Å². The van der Waals surface area contributed by atoms with Crippen molar-refractivity contribution in [3.63, 3.8) is 0 Å². The molecule has 0 atom stereocenters. The lowest BCUT2D eigenvalue weighted by atomic mass is 9.95. The Bertz CT molecular complexity index is 1180. The molecule has 29 heavy (non-hydrogen) atoms. The van der Waals surface area contributed by atoms with E-state index in [4.69, 9.17) is 11.6 Å². The summed E-state index contributed by atoms with van der Waals surface area (Å²) >= 11 is 6.57. The predicted molar refractivity (Wildman–Crippen MR) is 113 cm³/mol. The van der Waals surface area contributed by atoms with E-state index >= 15 is 0 Å². The molecule has 0 unspecified atom stereocenters. The minimum atomic E-state index is -1.24. The molecule has 1 aliphatic rings. The first-order valence-corrected chi connectivity index (χ1v) is 9.57. The summed E-state index contributed by atoms with van der Waals surface area (Å²) in [5, 5.41) is 12.0. The Labute approximate surface area is 173 Å². The van der Waals surface area contributed by atoms with E-state index in [9.17, 15) is 14.7 Å². The normalized spacial score (nSPS) is 13.0. The SMILES string of the molecule is CC(C)(C)N1Cc2cc(-c3ccccn3)c(Cl)cc2-c2cc(=O)c(C(=O)O)cn21. The summed E-state index contributed by atoms with van der Waals surface area (Å²) in [6, 6.07) is 10.8. The fourth-order valence-corrected chi connectivity index (χ4v) is 3.85. The van der Waals surface area contributed by atoms with E-state index in [0.29, 0.717) is 17.3 Å². The van der Waals surface area contributed by atoms with Gasteiger partial charge in [-0.3, -0.25) is 14.5 Å². The Morgan fingerprint density at radius 3 is 2.55 bits per heavy atom. The van der Waals surface area contributed by atoms with E-state index in [1.165, 1.54) is 12.3 Å². The van der Waals surface area contributed by atoms with Crippen LogP contribution in [-0.4, -0.2) is 26.3 Å². The van der Waals surface area contributed by atoms with E-state index in [-0.39, 0.29) is 11.1 Å². The Hall–Kier alpha value is -3.12. The minimum Gasteiger partial charge on any atom is -0.477 e. The zero-order valence-electron chi connectivity index (χ0n) is 16.3. The molecule has 2 aromatic heterocycles. The topological polar surface area (TPSA) is 75.4 Å². The lowest BCUT2D eigenvalue weighted by Gasteiger charge is -2.44. The average molecular weight is 410 g/mol. The van der Waals surface area contributed by atoms with Crippen molar-refractivity contribution in [2.45, 2.75) is 32.9 Å². The summed E-state index contributed by atoms with van der Waals surface area (Å²) in [4.78, 5) is 28.3. The van der Waals surface area contributed by atoms with E-state index in [2.05, 4.69) is 4.98 Å². The maximum atomic E-state index is 12.4. The summed E-state index contributed by atoms with van der Waals surface area (Å²) in [5.41, 5.74) is 2.90. The van der Waals surface area contributed by atoms with Gasteiger partial charge in [-0.05, 0) is 50.6 Å². The number of carbonyl (C=O) groups is 1. The van der Waals surface area contributed by atoms with Crippen molar-refractivity contribution in [2.75, 3.05) is 5.01 Å². The van der Waals surface area contributed by atoms with Crippen molar-refractivity contribution in [3.05, 3.63) is 75.2 Å². The largest absolute Gasteiger partial charge is 0.477 e. The molecule has 0 fully saturated rings. The van der Waals surface area contributed by atoms with Crippen LogP contribution in [0.5, 0.6) is 0 Å². The lowest BCUT2D eigenvalue weighted by molar-refractivity contribution is 0.0694. The highest BCUT2D eigenvalue weighted by atomic mass is 35.5. The molecule has 0 bridgehead atoms. The van der Waals surface area contributed by atoms with Crippen molar-refractivity contribution < 1.29 is 9.90 Å². The van der Waals surface area contributed by atoms with Crippen LogP contribution in [0.1, 0.15) is 36.7 Å². The number of hydrogen-bond donors (Lipinski definition) is 1. The molecule has 0 aliphatic carbocycles. The Kier molecular flexibility index (Phi) is 4.46. The van der Waals surface area contributed by atoms with Crippen molar-refractivity contribution >= 4 is 17.6 Å². The predicted octanol–water partition coefficient (Wildman–Crippen LogP) is 4.18. The van der Waals surface area contributed by atoms with Crippen LogP contribution < -0.4 is 10.4 Å². The van der Waals surface area contributed by atoms with Crippen molar-refractivity contribution in [1.82, 2.24) is 9.66 Å². The monoisotopic (exact) mass is 409 g/mol. The fraction of sp³-hybridized carbons (Fsp3) is 0.227. The number of halogens is 1. The average Bonchev–Trinajstić information content (AvgIpc) is 2.66. The molecule has 0 saturated heterocycles. The van der Waals surface area contributed by atoms with E-state index < -0.39 is 11.4 Å². The van der Waals surface area contributed by atoms with Crippen LogP contribution in [0.15, 0.2) is 53.6 Å². The molecule has 1 aromatic carbocycles. The molecular formula is C22H20ClN3O3. The number of benzene rings is 1. The van der Waals surface area contributed by atoms with Gasteiger partial charge in [-0.2, -0.15) is 0 Å². The second-order valence-corrected chi connectivity index (χ2v) is 8.43. The molecule has 0 spiro atoms. The molecule has 0 radical (unpaired) electrons. The van der Waals surface area contributed by atoms with E-state index in [1.807, 2.05) is 56.1 Å². The summed E-state index contributed by atoms with van der Waals surface area (Å²) in [5.74, 6) is -1.24. The molecular weight excluding hydrogens is 390 g/mol. The lowest BCUT2D eigenvalue weighted by Crippen LogP contribution is -2.51. The van der Waals surface area contributed by atoms with Gasteiger partial charge in [0.05, 0.1) is 23.0 Å². The number of aromatic carboxylic acids is 1. The standard InChI is InChI=1S/C22H20ClN3O3/c1-22(2,3)26-11-13-8-15(18-6-4-5-7-24-18)17(23)9-14(13)19-10-20(27)16(21(28)29)12-25(19)26/h4-10,12H,11H2,1-3H3,(H,28,29). The van der Waals surface area contributed by atoms with Gasteiger partial charge in [-0.1, -0.05) is 17.7 Å². The van der Waals surface area contributed by atoms with Crippen molar-refractivity contribution in [1.29, 1.82) is 0 Å². The van der Waals surface area contributed by atoms with Crippen LogP contribution >= 0.6 is 11.6 Å². The molecule has 0 amide bonds. The summed E-state index contributed by atoms with van der Waals surface area (Å²) < 4.78 is 1.75. The molecule has 6 nitrogen and oxygen atoms in total. The molecule has 1 aliphatic heterocycles. The van der Waals surface area contributed by atoms with Gasteiger partial charge >= 0.3 is 5.97 Å². The van der Waals surface area contributed by atoms with Crippen LogP contribution in [0.25, 0.3) is 22.5 Å². The van der Waals surface area contributed by atoms with E-state index in [1.54, 1.807) is 10.9 Å². The van der Waals surface area contributed by atoms with E-state index in [0.717, 1.165) is 22.4 Å². The van der Waals surface area contributed by atoms with Crippen LogP contribution in [0.4, 0.5) is 0 Å². The fourth-order valence-electron chi connectivity index (χ4n) is 3.59. The van der Waals surface area contributed by atoms with Crippen LogP contribution in [-0.2, 0) is 6.54 Å². The molecule has 3 heterocycles. The third-order valence-electron chi connectivity index (χ3n) is 5.03. The number of rotatable bonds is 2. The molecule has 4 rings (SSSR count). The number of aromatic nitrogens is 2. The summed E-state index contributed by atoms with van der Waals surface area (Å²) in [6.45, 7) is 6.65. The maximum absolute atomic E-state index is 12.4. The van der Waals surface area contributed by atoms with Gasteiger partial charge in [0.15, 0.2) is 5.43 Å². The molecule has 0 saturated carbocycles. The minimum absolute atomic E-state index is 0.261. The summed E-state index contributed by atoms with van der Waals surface area (Å²) in [6.07, 6.45) is 3.11. The quantitative estimate of drug-likeness (QED) is 0.687. The first kappa shape index (κ1) is 19.2. The van der Waals surface area contributed by atoms with Gasteiger partial charge in [0.25, 0.3) is 0 Å². The van der Waals surface area contributed by atoms with Gasteiger partial charge in [0.1, 0.15) is 5.56 Å². The van der Waals surface area contributed by atoms with Crippen molar-refractivity contribution in [3.8, 4) is 22.5 Å². The Morgan fingerprint density at radius 1 is 1.17 bits per heavy atom. The van der Waals surface area contributed by atoms with Crippen LogP contribution in [0.3, 0.4) is 0 Å². The second-order valence-electron chi connectivity index (χ2n) is 8.02. The smallest absolute Gasteiger partial charge is 0.341 e. The Morgan fingerprint density at radius 2 is 1.93 bits per heavy atom. The van der Waals surface area contributed by atoms with Gasteiger partial charge in [0, 0.05) is 35.1 Å². The maximum Gasteiger partial charge on any atom is 0.341 e. The highest BCUT2D eigenvalue weighted by Gasteiger charge is 2.31. The third kappa shape index (κ3) is 3.29. The number of fused-ring (bicyclic) bond motifs is 3. The van der Waals surface area contributed by atoms with Gasteiger partial charge in [0.2, 0.25) is 0 Å². The number of hydrogen-bond acceptors (Lipinski definition) is 4. The number of carboxylic acid groups (broad SMARTS) is 1. The number of nitrogens with zero attached hydrogens (tertiary/aromatic N) is 3. The molecule has 148 valence electrons. The summed E-state index contributed by atoms with van der Waals surface area (Å²) in [7, 11) is 0. The van der Waals surface area contributed by atoms with Crippen molar-refractivity contribution in [2.24, 2.45) is 0 Å². The number of carboxylic acids is 1. The van der Waals surface area contributed by atoms with Gasteiger partial charge in [-0.25, -0.2) is 4.79 Å². The molecule has 1 N–H and O–H groups in total. The molecule has 7 heteroatoms. The molecule has 3 aromatic rings. The second kappa shape index (κ2) is 6.74. The zero-order valence-corrected chi connectivity index (χ0v) is 17.1. The third-order valence-corrected chi connectivity index (χ3v) is 5.34. The Balaban J connectivity index is 1.98. The van der Waals surface area contributed by atoms with Crippen LogP contribution in [0.2, 0.25) is 5.02 Å². The first-order valence-electron chi connectivity index (χ1n) is 9.19. The first-order chi connectivity index (χ1) is 13.7. The van der Waals surface area contributed by atoms with Crippen LogP contribution in [0, 0.1) is 0 Å². The zero-order chi connectivity index (χ0) is 20.9. The van der Waals surface area contributed by atoms with Gasteiger partial charge < -0.3 is 10.1 Å².